The molecule has 111 valence electrons. The zero-order valence-electron chi connectivity index (χ0n) is 11.1. The van der Waals surface area contributed by atoms with E-state index in [-0.39, 0.29) is 28.0 Å². The summed E-state index contributed by atoms with van der Waals surface area (Å²) in [6.07, 6.45) is 1.10. The van der Waals surface area contributed by atoms with Crippen molar-refractivity contribution in [2.24, 2.45) is 0 Å². The summed E-state index contributed by atoms with van der Waals surface area (Å²) < 4.78 is 0. The molecule has 4 rings (SSSR count). The second-order valence-electron chi connectivity index (χ2n) is 4.65. The molecule has 0 amide bonds. The van der Waals surface area contributed by atoms with E-state index < -0.39 is 0 Å². The van der Waals surface area contributed by atoms with E-state index in [0.29, 0.717) is 0 Å². The van der Waals surface area contributed by atoms with Gasteiger partial charge in [0, 0.05) is 17.1 Å². The van der Waals surface area contributed by atoms with Gasteiger partial charge in [0.2, 0.25) is 0 Å². The van der Waals surface area contributed by atoms with Crippen molar-refractivity contribution in [1.82, 2.24) is 0 Å². The van der Waals surface area contributed by atoms with E-state index >= 15 is 0 Å². The largest absolute Gasteiger partial charge is 0.0623 e. The third-order valence-electron chi connectivity index (χ3n) is 3.37. The topological polar surface area (TPSA) is 0 Å². The van der Waals surface area contributed by atoms with E-state index in [1.165, 1.54) is 22.3 Å². The van der Waals surface area contributed by atoms with E-state index in [4.69, 9.17) is 0 Å². The third-order valence-corrected chi connectivity index (χ3v) is 3.37. The van der Waals surface area contributed by atoms with Crippen LogP contribution in [0.15, 0.2) is 84.9 Å². The van der Waals surface area contributed by atoms with Crippen LogP contribution >= 0.6 is 0 Å². The van der Waals surface area contributed by atoms with Crippen molar-refractivity contribution in [2.45, 2.75) is 6.42 Å². The molecule has 0 unspecified atom stereocenters. The Balaban J connectivity index is 0.000000239. The van der Waals surface area contributed by atoms with Crippen molar-refractivity contribution < 1.29 is 17.1 Å². The van der Waals surface area contributed by atoms with Gasteiger partial charge in [-0.25, -0.2) is 0 Å². The average molecular weight is 340 g/mol. The summed E-state index contributed by atoms with van der Waals surface area (Å²) in [4.78, 5) is 0. The minimum absolute atomic E-state index is 0. The zero-order valence-corrected chi connectivity index (χ0v) is 12.0. The predicted molar refractivity (Wildman–Crippen MR) is 92.5 cm³/mol. The molecule has 3 aromatic carbocycles. The molecule has 0 aromatic heterocycles. The van der Waals surface area contributed by atoms with Gasteiger partial charge in [-0.05, 0) is 39.6 Å². The minimum atomic E-state index is 0. The summed E-state index contributed by atoms with van der Waals surface area (Å²) in [5.74, 6) is 0. The van der Waals surface area contributed by atoms with Crippen LogP contribution < -0.4 is 0 Å². The number of hydrogen-bond donors (Lipinski definition) is 0. The van der Waals surface area contributed by atoms with E-state index in [0.717, 1.165) is 6.42 Å². The molecule has 21 heavy (non-hydrogen) atoms. The van der Waals surface area contributed by atoms with E-state index in [1.54, 1.807) is 0 Å². The Kier molecular flexibility index (Phi) is 7.17. The quantitative estimate of drug-likeness (QED) is 0.430. The van der Waals surface area contributed by atoms with Crippen LogP contribution in [0.4, 0.5) is 0 Å². The van der Waals surface area contributed by atoms with Crippen molar-refractivity contribution in [1.29, 1.82) is 0 Å². The fourth-order valence-electron chi connectivity index (χ4n) is 2.46. The maximum absolute atomic E-state index is 2.22. The van der Waals surface area contributed by atoms with Gasteiger partial charge >= 0.3 is 0 Å². The summed E-state index contributed by atoms with van der Waals surface area (Å²) in [5, 5.41) is 0. The van der Waals surface area contributed by atoms with Gasteiger partial charge in [-0.1, -0.05) is 84.9 Å². The van der Waals surface area contributed by atoms with Crippen molar-refractivity contribution in [3.8, 4) is 11.1 Å². The Bertz CT molecular complexity index is 595. The Morgan fingerprint density at radius 3 is 1.19 bits per heavy atom. The van der Waals surface area contributed by atoms with E-state index in [9.17, 15) is 0 Å². The third kappa shape index (κ3) is 4.18. The summed E-state index contributed by atoms with van der Waals surface area (Å²) in [5.41, 5.74) is 5.75. The Hall–Kier alpha value is -1.60. The Morgan fingerprint density at radius 1 is 0.476 bits per heavy atom. The fraction of sp³-hybridized carbons (Fsp3) is 0.0526. The first-order valence-electron chi connectivity index (χ1n) is 6.61. The molecule has 0 saturated carbocycles. The fourth-order valence-corrected chi connectivity index (χ4v) is 2.46. The van der Waals surface area contributed by atoms with E-state index in [2.05, 4.69) is 48.5 Å². The molecule has 0 atom stereocenters. The van der Waals surface area contributed by atoms with Gasteiger partial charge in [0.15, 0.2) is 0 Å². The monoisotopic (exact) mass is 339 g/mol. The van der Waals surface area contributed by atoms with Gasteiger partial charge < -0.3 is 0 Å². The number of fused-ring (bicyclic) bond motifs is 3. The molecule has 0 bridgehead atoms. The molecule has 0 heterocycles. The number of hydrogen-bond acceptors (Lipinski definition) is 0. The molecule has 0 fully saturated rings. The first kappa shape index (κ1) is 17.4. The maximum atomic E-state index is 2.22. The molecule has 0 N–H and O–H groups in total. The second kappa shape index (κ2) is 8.63. The van der Waals surface area contributed by atoms with Crippen LogP contribution in [-0.4, -0.2) is 11.0 Å². The molecule has 0 aliphatic heterocycles. The van der Waals surface area contributed by atoms with Crippen molar-refractivity contribution in [3.63, 3.8) is 0 Å². The van der Waals surface area contributed by atoms with Crippen LogP contribution in [0.3, 0.4) is 0 Å². The maximum Gasteiger partial charge on any atom is 0 e. The van der Waals surface area contributed by atoms with Crippen molar-refractivity contribution >= 4 is 11.0 Å². The van der Waals surface area contributed by atoms with Gasteiger partial charge in [-0.2, -0.15) is 0 Å². The molecule has 0 spiro atoms. The van der Waals surface area contributed by atoms with Crippen molar-refractivity contribution in [3.05, 3.63) is 96.1 Å². The van der Waals surface area contributed by atoms with Gasteiger partial charge in [0.1, 0.15) is 0 Å². The average Bonchev–Trinajstić information content (AvgIpc) is 2.88. The second-order valence-corrected chi connectivity index (χ2v) is 4.65. The van der Waals surface area contributed by atoms with E-state index in [1.807, 2.05) is 36.4 Å². The smallest absolute Gasteiger partial charge is 0 e. The van der Waals surface area contributed by atoms with Crippen molar-refractivity contribution in [2.75, 3.05) is 0 Å². The molecule has 1 radical (unpaired) electrons. The minimum Gasteiger partial charge on any atom is -0.0623 e. The summed E-state index contributed by atoms with van der Waals surface area (Å²) >= 11 is 0. The Morgan fingerprint density at radius 2 is 0.810 bits per heavy atom. The standard InChI is InChI=1S/C13H10.C6H6.Cu.H4Si/c1-3-7-12-10(5-1)9-11-6-2-4-8-13(11)12;1-2-4-6-5-3-1;;/h1-8H,9H2;1-6H;;1H4. The van der Waals surface area contributed by atoms with Crippen LogP contribution in [0.2, 0.25) is 0 Å². The van der Waals surface area contributed by atoms with Crippen LogP contribution in [0.25, 0.3) is 11.1 Å². The molecular weight excluding hydrogens is 320 g/mol. The molecule has 1 aliphatic rings. The molecule has 1 aliphatic carbocycles. The van der Waals surface area contributed by atoms with Crippen LogP contribution in [0.5, 0.6) is 0 Å². The first-order chi connectivity index (χ1) is 9.45. The van der Waals surface area contributed by atoms with Gasteiger partial charge in [0.25, 0.3) is 0 Å². The van der Waals surface area contributed by atoms with Crippen LogP contribution in [0.1, 0.15) is 11.1 Å². The Labute approximate surface area is 141 Å². The zero-order chi connectivity index (χ0) is 12.9. The van der Waals surface area contributed by atoms with Gasteiger partial charge in [0.05, 0.1) is 0 Å². The summed E-state index contributed by atoms with van der Waals surface area (Å²) in [6.45, 7) is 0. The van der Waals surface area contributed by atoms with Gasteiger partial charge in [-0.15, -0.1) is 0 Å². The molecular formula is C19H20CuSi. The van der Waals surface area contributed by atoms with Gasteiger partial charge in [-0.3, -0.25) is 0 Å². The summed E-state index contributed by atoms with van der Waals surface area (Å²) in [7, 11) is 0. The molecule has 2 heteroatoms. The van der Waals surface area contributed by atoms with Crippen LogP contribution in [0, 0.1) is 0 Å². The SMILES string of the molecule is [Cu].[SiH4].c1ccc2c(c1)Cc1ccccc1-2.c1ccccc1. The normalized spacial score (nSPS) is 9.90. The predicted octanol–water partition coefficient (Wildman–Crippen LogP) is 3.49. The molecule has 0 nitrogen and oxygen atoms in total. The number of benzene rings is 3. The molecule has 3 aromatic rings. The first-order valence-corrected chi connectivity index (χ1v) is 6.61. The summed E-state index contributed by atoms with van der Waals surface area (Å²) in [6, 6.07) is 29.3. The van der Waals surface area contributed by atoms with Crippen LogP contribution in [-0.2, 0) is 23.5 Å². The molecule has 0 saturated heterocycles. The number of rotatable bonds is 0.